The summed E-state index contributed by atoms with van der Waals surface area (Å²) in [7, 11) is 0. The molecule has 0 bridgehead atoms. The van der Waals surface area contributed by atoms with Crippen LogP contribution in [0.4, 0.5) is 0 Å². The van der Waals surface area contributed by atoms with Crippen molar-refractivity contribution in [3.8, 4) is 0 Å². The minimum Gasteiger partial charge on any atom is -0.381 e. The van der Waals surface area contributed by atoms with Crippen LogP contribution in [0.25, 0.3) is 0 Å². The first kappa shape index (κ1) is 19.1. The predicted molar refractivity (Wildman–Crippen MR) is 102 cm³/mol. The molecule has 1 aliphatic rings. The highest BCUT2D eigenvalue weighted by atomic mass is 35.5. The van der Waals surface area contributed by atoms with Gasteiger partial charge in [0.15, 0.2) is 5.96 Å². The van der Waals surface area contributed by atoms with Gasteiger partial charge in [0.1, 0.15) is 0 Å². The second-order valence-corrected chi connectivity index (χ2v) is 6.99. The van der Waals surface area contributed by atoms with Crippen LogP contribution >= 0.6 is 11.6 Å². The molecule has 0 saturated carbocycles. The van der Waals surface area contributed by atoms with E-state index in [2.05, 4.69) is 43.5 Å². The van der Waals surface area contributed by atoms with E-state index < -0.39 is 0 Å². The second kappa shape index (κ2) is 9.28. The number of hydrogen-bond acceptors (Lipinski definition) is 2. The highest BCUT2D eigenvalue weighted by molar-refractivity contribution is 6.30. The number of nitrogens with one attached hydrogen (secondary N) is 2. The molecule has 4 nitrogen and oxygen atoms in total. The van der Waals surface area contributed by atoms with Crippen LogP contribution in [0, 0.1) is 0 Å². The maximum Gasteiger partial charge on any atom is 0.191 e. The van der Waals surface area contributed by atoms with Gasteiger partial charge in [-0.2, -0.15) is 0 Å². The molecule has 1 aromatic carbocycles. The Kier molecular flexibility index (Phi) is 7.38. The number of aliphatic imine (C=N–C) groups is 1. The summed E-state index contributed by atoms with van der Waals surface area (Å²) in [6, 6.07) is 8.61. The van der Waals surface area contributed by atoms with Gasteiger partial charge in [-0.15, -0.1) is 0 Å². The highest BCUT2D eigenvalue weighted by Crippen LogP contribution is 2.36. The molecule has 2 rings (SSSR count). The second-order valence-electron chi connectivity index (χ2n) is 6.55. The van der Waals surface area contributed by atoms with Crippen molar-refractivity contribution in [2.24, 2.45) is 4.99 Å². The lowest BCUT2D eigenvalue weighted by Crippen LogP contribution is -2.44. The Labute approximate surface area is 151 Å². The number of rotatable bonds is 6. The summed E-state index contributed by atoms with van der Waals surface area (Å²) in [4.78, 5) is 4.90. The van der Waals surface area contributed by atoms with Gasteiger partial charge in [0.2, 0.25) is 0 Å². The first-order chi connectivity index (χ1) is 11.6. The Hall–Kier alpha value is -1.26. The summed E-state index contributed by atoms with van der Waals surface area (Å²) in [5, 5.41) is 7.60. The number of ether oxygens (including phenoxy) is 1. The van der Waals surface area contributed by atoms with Crippen LogP contribution < -0.4 is 10.6 Å². The van der Waals surface area contributed by atoms with Gasteiger partial charge in [-0.05, 0) is 50.8 Å². The van der Waals surface area contributed by atoms with E-state index in [1.54, 1.807) is 0 Å². The molecule has 0 spiro atoms. The zero-order chi connectivity index (χ0) is 17.4. The molecule has 0 aliphatic carbocycles. The van der Waals surface area contributed by atoms with Crippen LogP contribution in [0.15, 0.2) is 29.3 Å². The molecule has 1 fully saturated rings. The summed E-state index contributed by atoms with van der Waals surface area (Å²) in [6.07, 6.45) is 3.01. The molecule has 134 valence electrons. The summed E-state index contributed by atoms with van der Waals surface area (Å²) >= 11 is 6.23. The molecule has 0 amide bonds. The largest absolute Gasteiger partial charge is 0.381 e. The van der Waals surface area contributed by atoms with Crippen molar-refractivity contribution >= 4 is 17.6 Å². The summed E-state index contributed by atoms with van der Waals surface area (Å²) in [5.41, 5.74) is 1.27. The maximum absolute atomic E-state index is 6.23. The number of hydrogen-bond donors (Lipinski definition) is 2. The minimum absolute atomic E-state index is 0.000947. The molecule has 1 aromatic rings. The molecule has 1 heterocycles. The number of nitrogens with zero attached hydrogens (tertiary/aromatic N) is 1. The van der Waals surface area contributed by atoms with Gasteiger partial charge in [-0.3, -0.25) is 4.99 Å². The lowest BCUT2D eigenvalue weighted by atomic mass is 9.74. The molecule has 5 heteroatoms. The van der Waals surface area contributed by atoms with Crippen LogP contribution in [0.2, 0.25) is 5.02 Å². The van der Waals surface area contributed by atoms with E-state index in [9.17, 15) is 0 Å². The molecule has 24 heavy (non-hydrogen) atoms. The summed E-state index contributed by atoms with van der Waals surface area (Å²) in [6.45, 7) is 9.59. The Balaban J connectivity index is 2.22. The van der Waals surface area contributed by atoms with Crippen molar-refractivity contribution in [3.63, 3.8) is 0 Å². The molecule has 1 atom stereocenters. The maximum atomic E-state index is 6.23. The van der Waals surface area contributed by atoms with Crippen LogP contribution in [0.5, 0.6) is 0 Å². The van der Waals surface area contributed by atoms with Crippen molar-refractivity contribution in [1.82, 2.24) is 10.6 Å². The van der Waals surface area contributed by atoms with E-state index in [0.717, 1.165) is 56.5 Å². The molecule has 1 unspecified atom stereocenters. The van der Waals surface area contributed by atoms with E-state index in [4.69, 9.17) is 21.3 Å². The normalized spacial score (nSPS) is 18.9. The third kappa shape index (κ3) is 5.12. The quantitative estimate of drug-likeness (QED) is 0.606. The Bertz CT molecular complexity index is 541. The molecular weight excluding hydrogens is 322 g/mol. The zero-order valence-electron chi connectivity index (χ0n) is 15.1. The average Bonchev–Trinajstić information content (AvgIpc) is 2.60. The van der Waals surface area contributed by atoms with Crippen molar-refractivity contribution in [1.29, 1.82) is 0 Å². The van der Waals surface area contributed by atoms with Gasteiger partial charge in [0.25, 0.3) is 0 Å². The number of benzene rings is 1. The van der Waals surface area contributed by atoms with Crippen LogP contribution in [-0.4, -0.2) is 38.3 Å². The zero-order valence-corrected chi connectivity index (χ0v) is 15.8. The van der Waals surface area contributed by atoms with Crippen molar-refractivity contribution < 1.29 is 4.74 Å². The minimum atomic E-state index is 0.000947. The van der Waals surface area contributed by atoms with Gasteiger partial charge in [-0.1, -0.05) is 30.7 Å². The van der Waals surface area contributed by atoms with Gasteiger partial charge in [0.05, 0.1) is 6.54 Å². The lowest BCUT2D eigenvalue weighted by molar-refractivity contribution is 0.0531. The summed E-state index contributed by atoms with van der Waals surface area (Å²) < 4.78 is 5.60. The fourth-order valence-electron chi connectivity index (χ4n) is 3.00. The van der Waals surface area contributed by atoms with Gasteiger partial charge < -0.3 is 15.4 Å². The molecule has 1 saturated heterocycles. The topological polar surface area (TPSA) is 45.7 Å². The van der Waals surface area contributed by atoms with Crippen LogP contribution in [-0.2, 0) is 10.2 Å². The SMILES string of the molecule is CCNC(=NCC1(c2cccc(Cl)c2)CCOCC1)NC(C)CC. The Morgan fingerprint density at radius 2 is 2.08 bits per heavy atom. The lowest BCUT2D eigenvalue weighted by Gasteiger charge is -2.37. The molecule has 2 N–H and O–H groups in total. The monoisotopic (exact) mass is 351 g/mol. The molecule has 0 aromatic heterocycles. The third-order valence-corrected chi connectivity index (χ3v) is 5.00. The van der Waals surface area contributed by atoms with Gasteiger partial charge >= 0.3 is 0 Å². The average molecular weight is 352 g/mol. The third-order valence-electron chi connectivity index (χ3n) is 4.77. The first-order valence-corrected chi connectivity index (χ1v) is 9.36. The molecule has 1 aliphatic heterocycles. The van der Waals surface area contributed by atoms with Crippen LogP contribution in [0.1, 0.15) is 45.6 Å². The fourth-order valence-corrected chi connectivity index (χ4v) is 3.19. The van der Waals surface area contributed by atoms with Gasteiger partial charge in [-0.25, -0.2) is 0 Å². The van der Waals surface area contributed by atoms with E-state index in [1.165, 1.54) is 5.56 Å². The van der Waals surface area contributed by atoms with Gasteiger partial charge in [0, 0.05) is 36.2 Å². The van der Waals surface area contributed by atoms with Crippen molar-refractivity contribution in [2.45, 2.75) is 51.5 Å². The number of halogens is 1. The van der Waals surface area contributed by atoms with E-state index >= 15 is 0 Å². The van der Waals surface area contributed by atoms with Crippen LogP contribution in [0.3, 0.4) is 0 Å². The smallest absolute Gasteiger partial charge is 0.191 e. The standard InChI is InChI=1S/C19H30ClN3O/c1-4-15(3)23-18(21-5-2)22-14-19(9-11-24-12-10-19)16-7-6-8-17(20)13-16/h6-8,13,15H,4-5,9-12,14H2,1-3H3,(H2,21,22,23). The Morgan fingerprint density at radius 1 is 1.33 bits per heavy atom. The molecular formula is C19H30ClN3O. The summed E-state index contributed by atoms with van der Waals surface area (Å²) in [5.74, 6) is 0.889. The number of guanidine groups is 1. The predicted octanol–water partition coefficient (Wildman–Crippen LogP) is 3.74. The van der Waals surface area contributed by atoms with E-state index in [0.29, 0.717) is 6.04 Å². The van der Waals surface area contributed by atoms with E-state index in [1.807, 2.05) is 12.1 Å². The highest BCUT2D eigenvalue weighted by Gasteiger charge is 2.34. The first-order valence-electron chi connectivity index (χ1n) is 8.98. The van der Waals surface area contributed by atoms with Crippen molar-refractivity contribution in [3.05, 3.63) is 34.9 Å². The molecule has 0 radical (unpaired) electrons. The fraction of sp³-hybridized carbons (Fsp3) is 0.632. The Morgan fingerprint density at radius 3 is 2.71 bits per heavy atom. The van der Waals surface area contributed by atoms with E-state index in [-0.39, 0.29) is 5.41 Å². The van der Waals surface area contributed by atoms with Crippen molar-refractivity contribution in [2.75, 3.05) is 26.3 Å².